The minimum absolute atomic E-state index is 0.00406. The molecule has 3 aromatic rings. The number of hydrogen-bond donors (Lipinski definition) is 0. The lowest BCUT2D eigenvalue weighted by Crippen LogP contribution is -2.31. The molecule has 1 amide bonds. The summed E-state index contributed by atoms with van der Waals surface area (Å²) in [6, 6.07) is 20.3. The lowest BCUT2D eigenvalue weighted by molar-refractivity contribution is 0.0769. The lowest BCUT2D eigenvalue weighted by Gasteiger charge is -2.21. The summed E-state index contributed by atoms with van der Waals surface area (Å²) in [7, 11) is 1.60. The average molecular weight is 359 g/mol. The normalized spacial score (nSPS) is 11.1. The molecule has 138 valence electrons. The Morgan fingerprint density at radius 2 is 1.67 bits per heavy atom. The molecule has 0 saturated heterocycles. The first-order valence-electron chi connectivity index (χ1n) is 9.31. The van der Waals surface area contributed by atoms with Gasteiger partial charge >= 0.3 is 0 Å². The molecule has 0 saturated carbocycles. The lowest BCUT2D eigenvalue weighted by atomic mass is 10.0. The maximum Gasteiger partial charge on any atom is 0.258 e. The zero-order valence-electron chi connectivity index (χ0n) is 16.1. The zero-order chi connectivity index (χ0) is 19.2. The number of nitrogens with zero attached hydrogens (tertiary/aromatic N) is 1. The van der Waals surface area contributed by atoms with Crippen molar-refractivity contribution in [3.8, 4) is 5.75 Å². The Morgan fingerprint density at radius 1 is 0.926 bits per heavy atom. The molecule has 0 spiro atoms. The Hall–Kier alpha value is -3.07. The van der Waals surface area contributed by atoms with Gasteiger partial charge in [0.25, 0.3) is 5.91 Å². The van der Waals surface area contributed by atoms with Crippen molar-refractivity contribution in [2.24, 2.45) is 0 Å². The van der Waals surface area contributed by atoms with Crippen molar-refractivity contribution >= 4 is 28.8 Å². The van der Waals surface area contributed by atoms with Crippen LogP contribution in [0.1, 0.15) is 35.3 Å². The van der Waals surface area contributed by atoms with Crippen molar-refractivity contribution in [3.05, 3.63) is 77.4 Å². The summed E-state index contributed by atoms with van der Waals surface area (Å²) >= 11 is 0. The predicted octanol–water partition coefficient (Wildman–Crippen LogP) is 5.50. The molecule has 3 rings (SSSR count). The maximum absolute atomic E-state index is 13.0. The number of fused-ring (bicyclic) bond motifs is 1. The van der Waals surface area contributed by atoms with E-state index < -0.39 is 0 Å². The van der Waals surface area contributed by atoms with E-state index in [2.05, 4.69) is 30.3 Å². The highest BCUT2D eigenvalue weighted by Gasteiger charge is 2.20. The number of ether oxygens (including phenoxy) is 1. The first-order valence-corrected chi connectivity index (χ1v) is 9.31. The van der Waals surface area contributed by atoms with Crippen LogP contribution in [0.4, 0.5) is 0 Å². The molecule has 0 heterocycles. The van der Waals surface area contributed by atoms with Gasteiger partial charge in [-0.2, -0.15) is 0 Å². The van der Waals surface area contributed by atoms with Crippen LogP contribution in [0.3, 0.4) is 0 Å². The highest BCUT2D eigenvalue weighted by Crippen LogP contribution is 2.26. The van der Waals surface area contributed by atoms with Gasteiger partial charge in [0, 0.05) is 13.1 Å². The molecular weight excluding hydrogens is 334 g/mol. The van der Waals surface area contributed by atoms with Crippen molar-refractivity contribution in [2.45, 2.75) is 13.8 Å². The summed E-state index contributed by atoms with van der Waals surface area (Å²) in [6.45, 7) is 5.31. The van der Waals surface area contributed by atoms with E-state index in [1.165, 1.54) is 10.8 Å². The van der Waals surface area contributed by atoms with E-state index in [1.807, 2.05) is 61.2 Å². The number of carbonyl (C=O) groups is 1. The molecule has 27 heavy (non-hydrogen) atoms. The second kappa shape index (κ2) is 8.54. The van der Waals surface area contributed by atoms with Crippen LogP contribution in [-0.2, 0) is 0 Å². The van der Waals surface area contributed by atoms with E-state index >= 15 is 0 Å². The minimum Gasteiger partial charge on any atom is -0.496 e. The van der Waals surface area contributed by atoms with Gasteiger partial charge in [-0.15, -0.1) is 0 Å². The number of hydrogen-bond acceptors (Lipinski definition) is 2. The van der Waals surface area contributed by atoms with Crippen molar-refractivity contribution in [2.75, 3.05) is 20.2 Å². The van der Waals surface area contributed by atoms with E-state index in [1.54, 1.807) is 7.11 Å². The van der Waals surface area contributed by atoms with Crippen molar-refractivity contribution in [1.82, 2.24) is 4.90 Å². The van der Waals surface area contributed by atoms with E-state index in [9.17, 15) is 4.79 Å². The molecule has 0 atom stereocenters. The smallest absolute Gasteiger partial charge is 0.258 e. The summed E-state index contributed by atoms with van der Waals surface area (Å²) in [5.74, 6) is 0.600. The average Bonchev–Trinajstić information content (AvgIpc) is 2.72. The molecule has 3 heteroatoms. The first kappa shape index (κ1) is 18.7. The third-order valence-corrected chi connectivity index (χ3v) is 4.77. The largest absolute Gasteiger partial charge is 0.496 e. The molecule has 0 unspecified atom stereocenters. The van der Waals surface area contributed by atoms with Crippen LogP contribution in [-0.4, -0.2) is 31.0 Å². The van der Waals surface area contributed by atoms with Gasteiger partial charge in [0.05, 0.1) is 12.7 Å². The first-order chi connectivity index (χ1) is 13.2. The molecule has 3 aromatic carbocycles. The zero-order valence-corrected chi connectivity index (χ0v) is 16.1. The quantitative estimate of drug-likeness (QED) is 0.544. The van der Waals surface area contributed by atoms with E-state index in [0.717, 1.165) is 11.1 Å². The Labute approximate surface area is 160 Å². The fourth-order valence-electron chi connectivity index (χ4n) is 3.25. The molecule has 0 radical (unpaired) electrons. The standard InChI is InChI=1S/C24H25NO2/c1-4-25(5-2)24(26)23-20(11-8-12-22(23)27-3)16-14-18-13-15-19-9-6-7-10-21(19)17-18/h6-17H,4-5H2,1-3H3. The van der Waals surface area contributed by atoms with Crippen LogP contribution in [0.5, 0.6) is 5.75 Å². The molecule has 0 bridgehead atoms. The fourth-order valence-corrected chi connectivity index (χ4v) is 3.25. The number of amides is 1. The Kier molecular flexibility index (Phi) is 5.92. The van der Waals surface area contributed by atoms with Gasteiger partial charge < -0.3 is 9.64 Å². The maximum atomic E-state index is 13.0. The van der Waals surface area contributed by atoms with E-state index in [0.29, 0.717) is 24.4 Å². The van der Waals surface area contributed by atoms with E-state index in [-0.39, 0.29) is 5.91 Å². The van der Waals surface area contributed by atoms with Gasteiger partial charge in [-0.25, -0.2) is 0 Å². The molecule has 0 aromatic heterocycles. The summed E-state index contributed by atoms with van der Waals surface area (Å²) in [5, 5.41) is 2.41. The predicted molar refractivity (Wildman–Crippen MR) is 113 cm³/mol. The molecule has 0 N–H and O–H groups in total. The Morgan fingerprint density at radius 3 is 2.37 bits per heavy atom. The summed E-state index contributed by atoms with van der Waals surface area (Å²) in [4.78, 5) is 14.8. The van der Waals surface area contributed by atoms with Crippen LogP contribution in [0.15, 0.2) is 60.7 Å². The number of rotatable bonds is 6. The third-order valence-electron chi connectivity index (χ3n) is 4.77. The van der Waals surface area contributed by atoms with Crippen molar-refractivity contribution < 1.29 is 9.53 Å². The fraction of sp³-hybridized carbons (Fsp3) is 0.208. The molecule has 0 fully saturated rings. The van der Waals surface area contributed by atoms with Gasteiger partial charge in [-0.05, 0) is 47.9 Å². The van der Waals surface area contributed by atoms with Gasteiger partial charge in [-0.3, -0.25) is 4.79 Å². The third kappa shape index (κ3) is 4.03. The van der Waals surface area contributed by atoms with E-state index in [4.69, 9.17) is 4.74 Å². The SMILES string of the molecule is CCN(CC)C(=O)c1c(C=Cc2ccc3ccccc3c2)cccc1OC. The van der Waals surface area contributed by atoms with Gasteiger partial charge in [-0.1, -0.05) is 60.7 Å². The van der Waals surface area contributed by atoms with Crippen molar-refractivity contribution in [1.29, 1.82) is 0 Å². The molecule has 0 aliphatic carbocycles. The Bertz CT molecular complexity index is 971. The summed E-state index contributed by atoms with van der Waals surface area (Å²) in [5.41, 5.74) is 2.57. The number of carbonyl (C=O) groups excluding carboxylic acids is 1. The Balaban J connectivity index is 2.00. The number of benzene rings is 3. The van der Waals surface area contributed by atoms with Gasteiger partial charge in [0.1, 0.15) is 5.75 Å². The number of methoxy groups -OCH3 is 1. The van der Waals surface area contributed by atoms with Crippen LogP contribution in [0, 0.1) is 0 Å². The van der Waals surface area contributed by atoms with Crippen LogP contribution in [0.25, 0.3) is 22.9 Å². The van der Waals surface area contributed by atoms with Crippen LogP contribution in [0.2, 0.25) is 0 Å². The summed E-state index contributed by atoms with van der Waals surface area (Å²) < 4.78 is 5.47. The van der Waals surface area contributed by atoms with Crippen molar-refractivity contribution in [3.63, 3.8) is 0 Å². The second-order valence-electron chi connectivity index (χ2n) is 6.34. The molecule has 0 aliphatic heterocycles. The van der Waals surface area contributed by atoms with Gasteiger partial charge in [0.15, 0.2) is 0 Å². The van der Waals surface area contributed by atoms with Crippen LogP contribution >= 0.6 is 0 Å². The molecule has 3 nitrogen and oxygen atoms in total. The molecular formula is C24H25NO2. The molecule has 0 aliphatic rings. The van der Waals surface area contributed by atoms with Crippen LogP contribution < -0.4 is 4.74 Å². The monoisotopic (exact) mass is 359 g/mol. The second-order valence-corrected chi connectivity index (χ2v) is 6.34. The summed E-state index contributed by atoms with van der Waals surface area (Å²) in [6.07, 6.45) is 4.03. The highest BCUT2D eigenvalue weighted by molar-refractivity contribution is 6.01. The highest BCUT2D eigenvalue weighted by atomic mass is 16.5. The van der Waals surface area contributed by atoms with Gasteiger partial charge in [0.2, 0.25) is 0 Å². The minimum atomic E-state index is -0.00406. The topological polar surface area (TPSA) is 29.5 Å².